The predicted octanol–water partition coefficient (Wildman–Crippen LogP) is 4.06. The molecule has 1 aliphatic rings. The molecule has 6 rings (SSSR count). The normalized spacial score (nSPS) is 14.6. The number of benzene rings is 2. The van der Waals surface area contributed by atoms with Crippen LogP contribution in [0.5, 0.6) is 0 Å². The number of nitrogens with zero attached hydrogens (tertiary/aromatic N) is 5. The van der Waals surface area contributed by atoms with Gasteiger partial charge in [-0.25, -0.2) is 4.98 Å². The van der Waals surface area contributed by atoms with Gasteiger partial charge < -0.3 is 4.98 Å². The van der Waals surface area contributed by atoms with Crippen LogP contribution >= 0.6 is 0 Å². The van der Waals surface area contributed by atoms with E-state index in [0.717, 1.165) is 29.8 Å². The highest BCUT2D eigenvalue weighted by Crippen LogP contribution is 2.33. The summed E-state index contributed by atoms with van der Waals surface area (Å²) >= 11 is 0. The Morgan fingerprint density at radius 1 is 0.906 bits per heavy atom. The molecule has 0 amide bonds. The molecule has 0 bridgehead atoms. The van der Waals surface area contributed by atoms with Crippen LogP contribution in [0.1, 0.15) is 54.4 Å². The standard InChI is InChI=1S/C25H24N6O/c32-24-21-23(28-22(27-21)19-13-7-8-14-19)30(16-18-11-5-2-6-12-18)25-26-20(29-31(24)25)15-17-9-3-1-4-10-17/h1-6,9-12,19H,7-8,13-16H2,(H,27,28). The van der Waals surface area contributed by atoms with E-state index in [2.05, 4.69) is 22.2 Å². The summed E-state index contributed by atoms with van der Waals surface area (Å²) < 4.78 is 3.45. The summed E-state index contributed by atoms with van der Waals surface area (Å²) in [4.78, 5) is 26.4. The first-order valence-corrected chi connectivity index (χ1v) is 11.2. The van der Waals surface area contributed by atoms with Crippen LogP contribution < -0.4 is 5.56 Å². The van der Waals surface area contributed by atoms with Gasteiger partial charge in [0.15, 0.2) is 17.0 Å². The Morgan fingerprint density at radius 3 is 2.31 bits per heavy atom. The number of aromatic amines is 1. The Labute approximate surface area is 184 Å². The first-order chi connectivity index (χ1) is 15.8. The molecule has 32 heavy (non-hydrogen) atoms. The largest absolute Gasteiger partial charge is 0.336 e. The Bertz CT molecular complexity index is 1440. The first-order valence-electron chi connectivity index (χ1n) is 11.2. The van der Waals surface area contributed by atoms with E-state index in [4.69, 9.17) is 9.97 Å². The lowest BCUT2D eigenvalue weighted by Crippen LogP contribution is -2.20. The number of aromatic nitrogens is 6. The molecule has 2 aromatic carbocycles. The third kappa shape index (κ3) is 3.30. The van der Waals surface area contributed by atoms with E-state index in [1.807, 2.05) is 53.1 Å². The summed E-state index contributed by atoms with van der Waals surface area (Å²) in [5.41, 5.74) is 3.20. The number of hydrogen-bond donors (Lipinski definition) is 1. The van der Waals surface area contributed by atoms with Crippen LogP contribution in [0, 0.1) is 0 Å². The van der Waals surface area contributed by atoms with Gasteiger partial charge in [-0.2, -0.15) is 9.50 Å². The SMILES string of the molecule is O=c1c2[nH]c(C3CCCC3)nc2n(Cc2ccccc2)c2nc(Cc3ccccc3)nn12. The van der Waals surface area contributed by atoms with Crippen molar-refractivity contribution in [3.63, 3.8) is 0 Å². The van der Waals surface area contributed by atoms with Crippen molar-refractivity contribution in [3.05, 3.63) is 93.8 Å². The third-order valence-corrected chi connectivity index (χ3v) is 6.37. The topological polar surface area (TPSA) is 80.9 Å². The van der Waals surface area contributed by atoms with E-state index in [9.17, 15) is 4.79 Å². The fourth-order valence-electron chi connectivity index (χ4n) is 4.74. The van der Waals surface area contributed by atoms with Crippen LogP contribution in [0.2, 0.25) is 0 Å². The van der Waals surface area contributed by atoms with Gasteiger partial charge in [0, 0.05) is 12.3 Å². The van der Waals surface area contributed by atoms with Crippen LogP contribution in [-0.2, 0) is 13.0 Å². The molecule has 0 radical (unpaired) electrons. The zero-order chi connectivity index (χ0) is 21.5. The van der Waals surface area contributed by atoms with Gasteiger partial charge in [-0.1, -0.05) is 73.5 Å². The summed E-state index contributed by atoms with van der Waals surface area (Å²) in [5.74, 6) is 2.45. The molecule has 0 atom stereocenters. The summed E-state index contributed by atoms with van der Waals surface area (Å²) in [6, 6.07) is 20.3. The molecule has 7 nitrogen and oxygen atoms in total. The second-order valence-electron chi connectivity index (χ2n) is 8.58. The number of nitrogens with one attached hydrogen (secondary N) is 1. The molecule has 1 saturated carbocycles. The van der Waals surface area contributed by atoms with Gasteiger partial charge in [0.2, 0.25) is 5.78 Å². The molecule has 0 spiro atoms. The van der Waals surface area contributed by atoms with Gasteiger partial charge in [-0.3, -0.25) is 9.36 Å². The van der Waals surface area contributed by atoms with Gasteiger partial charge >= 0.3 is 5.56 Å². The number of H-pyrrole nitrogens is 1. The Hall–Kier alpha value is -3.74. The Morgan fingerprint density at radius 2 is 1.59 bits per heavy atom. The molecule has 3 aromatic heterocycles. The minimum atomic E-state index is -0.192. The van der Waals surface area contributed by atoms with E-state index >= 15 is 0 Å². The smallest absolute Gasteiger partial charge is 0.301 e. The molecule has 7 heteroatoms. The fourth-order valence-corrected chi connectivity index (χ4v) is 4.74. The maximum absolute atomic E-state index is 13.4. The number of fused-ring (bicyclic) bond motifs is 2. The monoisotopic (exact) mass is 424 g/mol. The van der Waals surface area contributed by atoms with E-state index in [-0.39, 0.29) is 5.56 Å². The molecule has 0 unspecified atom stereocenters. The van der Waals surface area contributed by atoms with E-state index < -0.39 is 0 Å². The van der Waals surface area contributed by atoms with Gasteiger partial charge in [0.1, 0.15) is 5.82 Å². The Kier molecular flexibility index (Phi) is 4.60. The predicted molar refractivity (Wildman–Crippen MR) is 123 cm³/mol. The second-order valence-corrected chi connectivity index (χ2v) is 8.58. The number of rotatable bonds is 5. The molecule has 5 aromatic rings. The van der Waals surface area contributed by atoms with Crippen molar-refractivity contribution in [2.75, 3.05) is 0 Å². The van der Waals surface area contributed by atoms with Crippen molar-refractivity contribution in [2.45, 2.75) is 44.6 Å². The van der Waals surface area contributed by atoms with Crippen molar-refractivity contribution >= 4 is 16.9 Å². The zero-order valence-corrected chi connectivity index (χ0v) is 17.7. The van der Waals surface area contributed by atoms with Crippen molar-refractivity contribution < 1.29 is 0 Å². The quantitative estimate of drug-likeness (QED) is 0.461. The first kappa shape index (κ1) is 19.0. The van der Waals surface area contributed by atoms with E-state index in [0.29, 0.717) is 41.6 Å². The maximum atomic E-state index is 13.4. The maximum Gasteiger partial charge on any atom is 0.301 e. The summed E-state index contributed by atoms with van der Waals surface area (Å²) in [7, 11) is 0. The average molecular weight is 425 g/mol. The van der Waals surface area contributed by atoms with Crippen molar-refractivity contribution in [1.29, 1.82) is 0 Å². The van der Waals surface area contributed by atoms with Crippen LogP contribution in [0.15, 0.2) is 65.5 Å². The van der Waals surface area contributed by atoms with Gasteiger partial charge in [-0.05, 0) is 24.0 Å². The zero-order valence-electron chi connectivity index (χ0n) is 17.7. The summed E-state index contributed by atoms with van der Waals surface area (Å²) in [6.07, 6.45) is 5.22. The lowest BCUT2D eigenvalue weighted by molar-refractivity contribution is 0.679. The lowest BCUT2D eigenvalue weighted by Gasteiger charge is -2.08. The number of hydrogen-bond acceptors (Lipinski definition) is 4. The molecule has 0 saturated heterocycles. The highest BCUT2D eigenvalue weighted by atomic mass is 16.1. The molecule has 3 heterocycles. The van der Waals surface area contributed by atoms with Gasteiger partial charge in [0.05, 0.1) is 6.54 Å². The van der Waals surface area contributed by atoms with E-state index in [1.165, 1.54) is 17.4 Å². The van der Waals surface area contributed by atoms with Crippen molar-refractivity contribution in [1.82, 2.24) is 29.1 Å². The molecular formula is C25H24N6O. The fraction of sp³-hybridized carbons (Fsp3) is 0.280. The van der Waals surface area contributed by atoms with Gasteiger partial charge in [0.25, 0.3) is 0 Å². The molecule has 160 valence electrons. The molecular weight excluding hydrogens is 400 g/mol. The summed E-state index contributed by atoms with van der Waals surface area (Å²) in [6.45, 7) is 0.569. The van der Waals surface area contributed by atoms with Gasteiger partial charge in [-0.15, -0.1) is 5.10 Å². The summed E-state index contributed by atoms with van der Waals surface area (Å²) in [5, 5.41) is 4.59. The highest BCUT2D eigenvalue weighted by Gasteiger charge is 2.24. The minimum Gasteiger partial charge on any atom is -0.336 e. The van der Waals surface area contributed by atoms with Crippen molar-refractivity contribution in [2.24, 2.45) is 0 Å². The minimum absolute atomic E-state index is 0.192. The Balaban J connectivity index is 1.53. The number of imidazole rings is 1. The second kappa shape index (κ2) is 7.75. The van der Waals surface area contributed by atoms with Crippen LogP contribution in [0.4, 0.5) is 0 Å². The van der Waals surface area contributed by atoms with Crippen LogP contribution in [0.25, 0.3) is 16.9 Å². The van der Waals surface area contributed by atoms with Crippen LogP contribution in [0.3, 0.4) is 0 Å². The molecule has 0 aliphatic heterocycles. The molecule has 1 N–H and O–H groups in total. The van der Waals surface area contributed by atoms with E-state index in [1.54, 1.807) is 0 Å². The molecule has 1 aliphatic carbocycles. The molecule has 1 fully saturated rings. The third-order valence-electron chi connectivity index (χ3n) is 6.37. The van der Waals surface area contributed by atoms with Crippen LogP contribution in [-0.4, -0.2) is 29.1 Å². The van der Waals surface area contributed by atoms with Crippen molar-refractivity contribution in [3.8, 4) is 0 Å². The average Bonchev–Trinajstić information content (AvgIpc) is 3.57. The lowest BCUT2D eigenvalue weighted by atomic mass is 10.1. The highest BCUT2D eigenvalue weighted by molar-refractivity contribution is 5.73.